The van der Waals surface area contributed by atoms with Crippen LogP contribution in [0.2, 0.25) is 0 Å². The highest BCUT2D eigenvalue weighted by atomic mass is 32.2. The summed E-state index contributed by atoms with van der Waals surface area (Å²) in [5.41, 5.74) is 3.58. The van der Waals surface area contributed by atoms with Gasteiger partial charge in [0.15, 0.2) is 0 Å². The lowest BCUT2D eigenvalue weighted by atomic mass is 10.2. The van der Waals surface area contributed by atoms with Gasteiger partial charge in [0.1, 0.15) is 5.82 Å². The molecule has 0 radical (unpaired) electrons. The third kappa shape index (κ3) is 4.08. The summed E-state index contributed by atoms with van der Waals surface area (Å²) >= 11 is 0. The summed E-state index contributed by atoms with van der Waals surface area (Å²) in [7, 11) is -0.953. The van der Waals surface area contributed by atoms with E-state index in [4.69, 9.17) is 5.84 Å². The van der Waals surface area contributed by atoms with Crippen LogP contribution in [0, 0.1) is 6.92 Å². The van der Waals surface area contributed by atoms with Crippen LogP contribution in [0.5, 0.6) is 0 Å². The Morgan fingerprint density at radius 3 is 2.78 bits per heavy atom. The first kappa shape index (κ1) is 14.6. The number of hydrogen-bond acceptors (Lipinski definition) is 5. The van der Waals surface area contributed by atoms with E-state index in [1.54, 1.807) is 25.3 Å². The summed E-state index contributed by atoms with van der Waals surface area (Å²) < 4.78 is 11.2. The minimum Gasteiger partial charge on any atom is -0.351 e. The van der Waals surface area contributed by atoms with Gasteiger partial charge < -0.3 is 10.7 Å². The van der Waals surface area contributed by atoms with E-state index in [0.717, 1.165) is 0 Å². The third-order valence-electron chi connectivity index (χ3n) is 2.48. The average Bonchev–Trinajstić information content (AvgIpc) is 2.34. The van der Waals surface area contributed by atoms with Gasteiger partial charge in [-0.1, -0.05) is 0 Å². The molecule has 1 amide bonds. The van der Waals surface area contributed by atoms with Crippen molar-refractivity contribution in [1.82, 2.24) is 10.3 Å². The van der Waals surface area contributed by atoms with Gasteiger partial charge in [-0.25, -0.2) is 10.8 Å². The molecular formula is C11H18N4O2S. The molecule has 0 spiro atoms. The highest BCUT2D eigenvalue weighted by molar-refractivity contribution is 7.84. The van der Waals surface area contributed by atoms with E-state index >= 15 is 0 Å². The molecule has 0 bridgehead atoms. The highest BCUT2D eigenvalue weighted by Crippen LogP contribution is 2.09. The maximum atomic E-state index is 11.9. The first-order chi connectivity index (χ1) is 8.43. The Kier molecular flexibility index (Phi) is 5.24. The first-order valence-corrected chi connectivity index (χ1v) is 7.12. The summed E-state index contributed by atoms with van der Waals surface area (Å²) in [5.74, 6) is 5.48. The number of nitrogens with one attached hydrogen (secondary N) is 2. The predicted molar refractivity (Wildman–Crippen MR) is 72.6 cm³/mol. The van der Waals surface area contributed by atoms with E-state index in [9.17, 15) is 9.00 Å². The molecule has 2 unspecified atom stereocenters. The van der Waals surface area contributed by atoms with Gasteiger partial charge in [0.2, 0.25) is 0 Å². The SMILES string of the molecule is Cc1cc(C(=O)NCC(C)S(C)=O)cc(NN)n1. The van der Waals surface area contributed by atoms with Gasteiger partial charge in [-0.2, -0.15) is 0 Å². The van der Waals surface area contributed by atoms with Crippen LogP contribution in [0.1, 0.15) is 23.0 Å². The van der Waals surface area contributed by atoms with Gasteiger partial charge in [0.25, 0.3) is 5.91 Å². The largest absolute Gasteiger partial charge is 0.351 e. The van der Waals surface area contributed by atoms with Crippen molar-refractivity contribution in [2.45, 2.75) is 19.1 Å². The standard InChI is InChI=1S/C11H18N4O2S/c1-7-4-9(5-10(14-7)15-12)11(16)13-6-8(2)18(3)17/h4-5,8H,6,12H2,1-3H3,(H,13,16)(H,14,15). The molecule has 100 valence electrons. The summed E-state index contributed by atoms with van der Waals surface area (Å²) in [6, 6.07) is 3.24. The lowest BCUT2D eigenvalue weighted by Gasteiger charge is -2.11. The number of nitrogen functional groups attached to an aromatic ring is 1. The summed E-state index contributed by atoms with van der Waals surface area (Å²) in [5, 5.41) is 2.65. The zero-order chi connectivity index (χ0) is 13.7. The number of nitrogens with two attached hydrogens (primary N) is 1. The van der Waals surface area contributed by atoms with Gasteiger partial charge >= 0.3 is 0 Å². The number of nitrogens with zero attached hydrogens (tertiary/aromatic N) is 1. The fourth-order valence-corrected chi connectivity index (χ4v) is 1.65. The van der Waals surface area contributed by atoms with E-state index in [-0.39, 0.29) is 11.2 Å². The van der Waals surface area contributed by atoms with Gasteiger partial charge in [0, 0.05) is 40.1 Å². The molecule has 0 aliphatic carbocycles. The van der Waals surface area contributed by atoms with Crippen LogP contribution in [-0.4, -0.2) is 33.2 Å². The van der Waals surface area contributed by atoms with Crippen LogP contribution in [0.3, 0.4) is 0 Å². The molecule has 2 atom stereocenters. The number of pyridine rings is 1. The number of aromatic nitrogens is 1. The smallest absolute Gasteiger partial charge is 0.251 e. The molecule has 0 fully saturated rings. The summed E-state index contributed by atoms with van der Waals surface area (Å²) in [4.78, 5) is 16.0. The zero-order valence-corrected chi connectivity index (χ0v) is 11.5. The van der Waals surface area contributed by atoms with Crippen molar-refractivity contribution in [2.75, 3.05) is 18.2 Å². The van der Waals surface area contributed by atoms with Crippen LogP contribution >= 0.6 is 0 Å². The Balaban J connectivity index is 2.72. The van der Waals surface area contributed by atoms with Crippen molar-refractivity contribution in [3.63, 3.8) is 0 Å². The minimum absolute atomic E-state index is 0.0796. The number of hydrazine groups is 1. The molecule has 18 heavy (non-hydrogen) atoms. The number of aryl methyl sites for hydroxylation is 1. The van der Waals surface area contributed by atoms with Gasteiger partial charge in [-0.3, -0.25) is 9.00 Å². The predicted octanol–water partition coefficient (Wildman–Crippen LogP) is 0.172. The fourth-order valence-electron chi connectivity index (χ4n) is 1.33. The molecule has 1 heterocycles. The Morgan fingerprint density at radius 1 is 1.56 bits per heavy atom. The minimum atomic E-state index is -0.953. The molecular weight excluding hydrogens is 252 g/mol. The maximum absolute atomic E-state index is 11.9. The molecule has 1 aromatic rings. The molecule has 0 aliphatic heterocycles. The molecule has 7 heteroatoms. The maximum Gasteiger partial charge on any atom is 0.251 e. The average molecular weight is 270 g/mol. The van der Waals surface area contributed by atoms with Crippen LogP contribution < -0.4 is 16.6 Å². The van der Waals surface area contributed by atoms with E-state index in [0.29, 0.717) is 23.6 Å². The van der Waals surface area contributed by atoms with Crippen LogP contribution in [0.4, 0.5) is 5.82 Å². The van der Waals surface area contributed by atoms with E-state index < -0.39 is 10.8 Å². The van der Waals surface area contributed by atoms with E-state index in [1.807, 2.05) is 6.92 Å². The van der Waals surface area contributed by atoms with Gasteiger partial charge in [-0.15, -0.1) is 0 Å². The topological polar surface area (TPSA) is 97.1 Å². The van der Waals surface area contributed by atoms with Crippen molar-refractivity contribution in [3.05, 3.63) is 23.4 Å². The van der Waals surface area contributed by atoms with Crippen molar-refractivity contribution in [1.29, 1.82) is 0 Å². The number of hydrogen-bond donors (Lipinski definition) is 3. The van der Waals surface area contributed by atoms with Crippen LogP contribution in [0.15, 0.2) is 12.1 Å². The summed E-state index contributed by atoms with van der Waals surface area (Å²) in [6.07, 6.45) is 1.61. The Hall–Kier alpha value is -1.47. The molecule has 0 saturated heterocycles. The second-order valence-corrected chi connectivity index (χ2v) is 5.85. The van der Waals surface area contributed by atoms with Crippen molar-refractivity contribution in [3.8, 4) is 0 Å². The normalized spacial score (nSPS) is 13.8. The first-order valence-electron chi connectivity index (χ1n) is 5.49. The highest BCUT2D eigenvalue weighted by Gasteiger charge is 2.11. The van der Waals surface area contributed by atoms with Crippen LogP contribution in [0.25, 0.3) is 0 Å². The Morgan fingerprint density at radius 2 is 2.22 bits per heavy atom. The van der Waals surface area contributed by atoms with E-state index in [1.165, 1.54) is 0 Å². The lowest BCUT2D eigenvalue weighted by molar-refractivity contribution is 0.0954. The van der Waals surface area contributed by atoms with Gasteiger partial charge in [0.05, 0.1) is 0 Å². The van der Waals surface area contributed by atoms with Crippen molar-refractivity contribution in [2.24, 2.45) is 5.84 Å². The zero-order valence-electron chi connectivity index (χ0n) is 10.7. The molecule has 6 nitrogen and oxygen atoms in total. The Labute approximate surface area is 109 Å². The second-order valence-electron chi connectivity index (χ2n) is 4.05. The second kappa shape index (κ2) is 6.46. The quantitative estimate of drug-likeness (QED) is 0.523. The number of anilines is 1. The number of amides is 1. The Bertz CT molecular complexity index is 464. The third-order valence-corrected chi connectivity index (χ3v) is 3.78. The molecule has 1 rings (SSSR count). The molecule has 0 aliphatic rings. The summed E-state index contributed by atoms with van der Waals surface area (Å²) in [6.45, 7) is 3.97. The molecule has 1 aromatic heterocycles. The number of carbonyl (C=O) groups excluding carboxylic acids is 1. The molecule has 0 saturated carbocycles. The lowest BCUT2D eigenvalue weighted by Crippen LogP contribution is -2.32. The van der Waals surface area contributed by atoms with Crippen molar-refractivity contribution >= 4 is 22.5 Å². The molecule has 0 aromatic carbocycles. The number of carbonyl (C=O) groups is 1. The monoisotopic (exact) mass is 270 g/mol. The van der Waals surface area contributed by atoms with Crippen molar-refractivity contribution < 1.29 is 9.00 Å². The fraction of sp³-hybridized carbons (Fsp3) is 0.455. The number of rotatable bonds is 5. The molecule has 4 N–H and O–H groups in total. The van der Waals surface area contributed by atoms with Crippen LogP contribution in [-0.2, 0) is 10.8 Å². The van der Waals surface area contributed by atoms with Gasteiger partial charge in [-0.05, 0) is 26.0 Å². The van der Waals surface area contributed by atoms with E-state index in [2.05, 4.69) is 15.7 Å².